The van der Waals surface area contributed by atoms with Crippen molar-refractivity contribution in [3.63, 3.8) is 0 Å². The van der Waals surface area contributed by atoms with Gasteiger partial charge in [0, 0.05) is 0 Å². The summed E-state index contributed by atoms with van der Waals surface area (Å²) in [6.07, 6.45) is 11.4. The Morgan fingerprint density at radius 1 is 0.769 bits per heavy atom. The number of nitrogens with zero attached hydrogens (tertiary/aromatic N) is 2. The van der Waals surface area contributed by atoms with Crippen LogP contribution in [-0.4, -0.2) is 71.6 Å². The molecular weight excluding hydrogens is 583 g/mol. The first-order valence-corrected chi connectivity index (χ1v) is 23.9. The second kappa shape index (κ2) is 15.9. The van der Waals surface area contributed by atoms with Gasteiger partial charge in [0.1, 0.15) is 0 Å². The van der Waals surface area contributed by atoms with E-state index in [1.54, 1.807) is 3.58 Å². The molecule has 0 aromatic heterocycles. The third-order valence-corrected chi connectivity index (χ3v) is 25.5. The number of piperidine rings is 2. The Bertz CT molecular complexity index is 936. The molecule has 1 N–H and O–H groups in total. The molecule has 39 heavy (non-hydrogen) atoms. The first kappa shape index (κ1) is 31.1. The van der Waals surface area contributed by atoms with Gasteiger partial charge in [-0.05, 0) is 0 Å². The number of benzene rings is 2. The van der Waals surface area contributed by atoms with E-state index in [0.29, 0.717) is 5.92 Å². The molecule has 4 heteroatoms. The predicted octanol–water partition coefficient (Wildman–Crippen LogP) is 7.56. The van der Waals surface area contributed by atoms with Crippen molar-refractivity contribution >= 4 is 22.0 Å². The van der Waals surface area contributed by atoms with Crippen LogP contribution in [0.25, 0.3) is 0 Å². The van der Waals surface area contributed by atoms with E-state index in [0.717, 1.165) is 39.1 Å². The average Bonchev–Trinajstić information content (AvgIpc) is 2.99. The molecule has 4 rings (SSSR count). The number of unbranched alkanes of at least 4 members (excludes halogenated alkanes) is 3. The van der Waals surface area contributed by atoms with E-state index in [1.807, 2.05) is 0 Å². The van der Waals surface area contributed by atoms with Crippen molar-refractivity contribution in [2.45, 2.75) is 116 Å². The Hall–Kier alpha value is -0.881. The van der Waals surface area contributed by atoms with Crippen LogP contribution in [0.5, 0.6) is 0 Å². The van der Waals surface area contributed by atoms with Crippen molar-refractivity contribution in [3.05, 3.63) is 65.7 Å². The summed E-state index contributed by atoms with van der Waals surface area (Å²) >= 11 is -2.42. The third kappa shape index (κ3) is 8.56. The fourth-order valence-corrected chi connectivity index (χ4v) is 23.5. The van der Waals surface area contributed by atoms with Crippen molar-refractivity contribution in [1.82, 2.24) is 9.80 Å². The van der Waals surface area contributed by atoms with Crippen LogP contribution >= 0.6 is 0 Å². The molecule has 2 aliphatic heterocycles. The zero-order valence-electron chi connectivity index (χ0n) is 25.3. The van der Waals surface area contributed by atoms with Gasteiger partial charge in [0.2, 0.25) is 0 Å². The summed E-state index contributed by atoms with van der Waals surface area (Å²) in [4.78, 5) is 5.25. The maximum atomic E-state index is 11.0. The van der Waals surface area contributed by atoms with E-state index in [1.165, 1.54) is 75.8 Å². The monoisotopic (exact) mass is 640 g/mol. The van der Waals surface area contributed by atoms with Gasteiger partial charge in [-0.2, -0.15) is 0 Å². The van der Waals surface area contributed by atoms with Crippen molar-refractivity contribution < 1.29 is 5.11 Å². The first-order chi connectivity index (χ1) is 19.1. The molecule has 0 aliphatic carbocycles. The zero-order valence-corrected chi connectivity index (χ0v) is 28.1. The second-order valence-electron chi connectivity index (χ2n) is 12.7. The zero-order chi connectivity index (χ0) is 27.5. The minimum absolute atomic E-state index is 0.193. The number of rotatable bonds is 14. The van der Waals surface area contributed by atoms with Crippen molar-refractivity contribution in [1.29, 1.82) is 0 Å². The van der Waals surface area contributed by atoms with Crippen LogP contribution in [0.4, 0.5) is 0 Å². The Kier molecular flexibility index (Phi) is 12.7. The molecule has 0 spiro atoms. The summed E-state index contributed by atoms with van der Waals surface area (Å²) in [6, 6.07) is 21.3. The molecule has 2 saturated heterocycles. The van der Waals surface area contributed by atoms with Gasteiger partial charge >= 0.3 is 215 Å². The van der Waals surface area contributed by atoms with Crippen LogP contribution in [-0.2, 0) is 6.54 Å². The Balaban J connectivity index is 1.42. The van der Waals surface area contributed by atoms with Crippen LogP contribution < -0.4 is 3.58 Å². The molecule has 2 aromatic rings. The molecular formula is C35H56N2OSn. The number of aliphatic hydroxyl groups excluding tert-OH is 1. The van der Waals surface area contributed by atoms with Gasteiger partial charge in [-0.1, -0.05) is 30.3 Å². The van der Waals surface area contributed by atoms with Crippen LogP contribution in [0.2, 0.25) is 13.3 Å². The van der Waals surface area contributed by atoms with E-state index < -0.39 is 18.4 Å². The van der Waals surface area contributed by atoms with Gasteiger partial charge in [0.25, 0.3) is 0 Å². The Morgan fingerprint density at radius 2 is 1.41 bits per heavy atom. The van der Waals surface area contributed by atoms with Crippen LogP contribution in [0, 0.1) is 0 Å². The van der Waals surface area contributed by atoms with Crippen molar-refractivity contribution in [3.8, 4) is 0 Å². The summed E-state index contributed by atoms with van der Waals surface area (Å²) < 4.78 is 6.40. The van der Waals surface area contributed by atoms with Crippen molar-refractivity contribution in [2.75, 3.05) is 26.2 Å². The molecule has 2 aliphatic rings. The maximum absolute atomic E-state index is 11.0. The standard InChI is InChI=1S/C23H29N2O.3C4H9.Sn/c26-23-13-14-24(17-19-7-3-1-4-8-19)18-22(23)25-15-11-21(12-16-25)20-9-5-2-6-10-20;3*1-3-4-2;/h1-3,5-10,21-23,26H,11-18H2;3*1,3-4H2,2H3;. The van der Waals surface area contributed by atoms with Crippen LogP contribution in [0.3, 0.4) is 0 Å². The molecule has 0 radical (unpaired) electrons. The minimum atomic E-state index is -2.42. The molecule has 2 aromatic carbocycles. The van der Waals surface area contributed by atoms with E-state index in [-0.39, 0.29) is 12.1 Å². The van der Waals surface area contributed by atoms with Crippen LogP contribution in [0.15, 0.2) is 54.6 Å². The van der Waals surface area contributed by atoms with Gasteiger partial charge < -0.3 is 0 Å². The van der Waals surface area contributed by atoms with Gasteiger partial charge in [-0.25, -0.2) is 0 Å². The normalized spacial score (nSPS) is 21.8. The SMILES string of the molecule is CCC[CH2][Sn]([CH2]CCC)([CH2]CCC)[c]1cccc(CN2CCC(O)C(N3CCC(c4ccccc4)CC3)C2)c1. The summed E-state index contributed by atoms with van der Waals surface area (Å²) in [5.74, 6) is 0.668. The fraction of sp³-hybridized carbons (Fsp3) is 0.657. The van der Waals surface area contributed by atoms with E-state index in [4.69, 9.17) is 0 Å². The molecule has 2 unspecified atom stereocenters. The number of likely N-dealkylation sites (tertiary alicyclic amines) is 2. The molecule has 2 atom stereocenters. The molecule has 0 amide bonds. The summed E-state index contributed by atoms with van der Waals surface area (Å²) in [6.45, 7) is 12.4. The Labute approximate surface area is 244 Å². The number of hydrogen-bond acceptors (Lipinski definition) is 3. The van der Waals surface area contributed by atoms with Gasteiger partial charge in [-0.3, -0.25) is 0 Å². The molecule has 2 fully saturated rings. The van der Waals surface area contributed by atoms with Gasteiger partial charge in [0.15, 0.2) is 0 Å². The van der Waals surface area contributed by atoms with Gasteiger partial charge in [0.05, 0.1) is 0 Å². The van der Waals surface area contributed by atoms with Crippen molar-refractivity contribution in [2.24, 2.45) is 0 Å². The molecule has 2 heterocycles. The summed E-state index contributed by atoms with van der Waals surface area (Å²) in [5, 5.41) is 11.0. The fourth-order valence-electron chi connectivity index (χ4n) is 7.39. The van der Waals surface area contributed by atoms with E-state index >= 15 is 0 Å². The van der Waals surface area contributed by atoms with Gasteiger partial charge in [-0.15, -0.1) is 0 Å². The topological polar surface area (TPSA) is 26.7 Å². The first-order valence-electron chi connectivity index (χ1n) is 16.4. The molecule has 216 valence electrons. The molecule has 3 nitrogen and oxygen atoms in total. The average molecular weight is 640 g/mol. The Morgan fingerprint density at radius 3 is 2.03 bits per heavy atom. The molecule has 0 saturated carbocycles. The predicted molar refractivity (Wildman–Crippen MR) is 171 cm³/mol. The summed E-state index contributed by atoms with van der Waals surface area (Å²) in [7, 11) is 0. The third-order valence-electron chi connectivity index (χ3n) is 9.87. The summed E-state index contributed by atoms with van der Waals surface area (Å²) in [5.41, 5.74) is 3.00. The number of hydrogen-bond donors (Lipinski definition) is 1. The van der Waals surface area contributed by atoms with E-state index in [2.05, 4.69) is 85.2 Å². The van der Waals surface area contributed by atoms with Crippen LogP contribution in [0.1, 0.15) is 95.6 Å². The second-order valence-corrected chi connectivity index (χ2v) is 25.9. The van der Waals surface area contributed by atoms with E-state index in [9.17, 15) is 5.11 Å². The number of aliphatic hydroxyl groups is 1. The quantitative estimate of drug-likeness (QED) is 0.216. The molecule has 0 bridgehead atoms.